The molecule has 0 bridgehead atoms. The van der Waals surface area contributed by atoms with E-state index in [0.29, 0.717) is 19.3 Å². The maximum absolute atomic E-state index is 12.9. The van der Waals surface area contributed by atoms with Gasteiger partial charge in [-0.25, -0.2) is 0 Å². The van der Waals surface area contributed by atoms with E-state index in [4.69, 9.17) is 14.2 Å². The molecular weight excluding hydrogens is 841 g/mol. The van der Waals surface area contributed by atoms with Crippen molar-refractivity contribution < 1.29 is 28.6 Å². The first-order valence-corrected chi connectivity index (χ1v) is 29.3. The summed E-state index contributed by atoms with van der Waals surface area (Å²) in [5.74, 6) is -0.921. The van der Waals surface area contributed by atoms with Gasteiger partial charge in [0.25, 0.3) is 0 Å². The molecule has 0 rings (SSSR count). The lowest BCUT2D eigenvalue weighted by Crippen LogP contribution is -2.30. The predicted molar refractivity (Wildman–Crippen MR) is 293 cm³/mol. The third-order valence-electron chi connectivity index (χ3n) is 12.8. The van der Waals surface area contributed by atoms with E-state index in [2.05, 4.69) is 81.5 Å². The SMILES string of the molecule is CC/C=C\C/C=C\C/C=C\C/C=C\CCCCC(=O)OCC(COC(=O)CCCCCCCCCCCCCCCCCCCC)OC(=O)CCCCCCCCC/C=C\CCCCCCCC. The number of hydrogen-bond acceptors (Lipinski definition) is 6. The van der Waals surface area contributed by atoms with Crippen molar-refractivity contribution in [3.05, 3.63) is 60.8 Å². The predicted octanol–water partition coefficient (Wildman–Crippen LogP) is 19.6. The third kappa shape index (κ3) is 54.1. The molecule has 0 radical (unpaired) electrons. The molecule has 0 aliphatic rings. The average Bonchev–Trinajstić information content (AvgIpc) is 3.34. The van der Waals surface area contributed by atoms with Gasteiger partial charge in [0.2, 0.25) is 0 Å². The minimum Gasteiger partial charge on any atom is -0.462 e. The summed E-state index contributed by atoms with van der Waals surface area (Å²) in [7, 11) is 0. The summed E-state index contributed by atoms with van der Waals surface area (Å²) >= 11 is 0. The second-order valence-corrected chi connectivity index (χ2v) is 19.5. The number of carbonyl (C=O) groups excluding carboxylic acids is 3. The van der Waals surface area contributed by atoms with Crippen molar-refractivity contribution in [1.82, 2.24) is 0 Å². The Morgan fingerprint density at radius 3 is 0.941 bits per heavy atom. The Bertz CT molecular complexity index is 1230. The van der Waals surface area contributed by atoms with Crippen LogP contribution in [-0.2, 0) is 28.6 Å². The van der Waals surface area contributed by atoms with Crippen molar-refractivity contribution in [3.63, 3.8) is 0 Å². The molecule has 68 heavy (non-hydrogen) atoms. The van der Waals surface area contributed by atoms with Crippen LogP contribution in [0.1, 0.15) is 297 Å². The maximum Gasteiger partial charge on any atom is 0.306 e. The van der Waals surface area contributed by atoms with Crippen molar-refractivity contribution >= 4 is 17.9 Å². The Kier molecular flexibility index (Phi) is 54.3. The Labute approximate surface area is 421 Å². The molecule has 0 aromatic carbocycles. The zero-order valence-electron chi connectivity index (χ0n) is 45.1. The van der Waals surface area contributed by atoms with Crippen LogP contribution in [0.5, 0.6) is 0 Å². The monoisotopic (exact) mass is 951 g/mol. The van der Waals surface area contributed by atoms with Crippen molar-refractivity contribution in [2.24, 2.45) is 0 Å². The van der Waals surface area contributed by atoms with Crippen LogP contribution in [0.2, 0.25) is 0 Å². The highest BCUT2D eigenvalue weighted by Gasteiger charge is 2.19. The van der Waals surface area contributed by atoms with Crippen molar-refractivity contribution in [1.29, 1.82) is 0 Å². The molecule has 0 aliphatic heterocycles. The van der Waals surface area contributed by atoms with Gasteiger partial charge in [0.1, 0.15) is 13.2 Å². The number of ether oxygens (including phenoxy) is 3. The fourth-order valence-electron chi connectivity index (χ4n) is 8.37. The van der Waals surface area contributed by atoms with Gasteiger partial charge in [0, 0.05) is 19.3 Å². The Morgan fingerprint density at radius 1 is 0.309 bits per heavy atom. The minimum atomic E-state index is -0.792. The summed E-state index contributed by atoms with van der Waals surface area (Å²) in [6, 6.07) is 0. The van der Waals surface area contributed by atoms with Gasteiger partial charge in [-0.05, 0) is 83.5 Å². The average molecular weight is 952 g/mol. The van der Waals surface area contributed by atoms with Crippen molar-refractivity contribution in [2.45, 2.75) is 303 Å². The molecule has 0 amide bonds. The molecule has 0 saturated heterocycles. The van der Waals surface area contributed by atoms with Crippen LogP contribution in [0.4, 0.5) is 0 Å². The highest BCUT2D eigenvalue weighted by atomic mass is 16.6. The van der Waals surface area contributed by atoms with Crippen LogP contribution < -0.4 is 0 Å². The lowest BCUT2D eigenvalue weighted by Gasteiger charge is -2.18. The van der Waals surface area contributed by atoms with E-state index < -0.39 is 6.10 Å². The molecule has 394 valence electrons. The van der Waals surface area contributed by atoms with Crippen LogP contribution in [0.15, 0.2) is 60.8 Å². The Morgan fingerprint density at radius 2 is 0.574 bits per heavy atom. The largest absolute Gasteiger partial charge is 0.462 e. The fraction of sp³-hybridized carbons (Fsp3) is 0.790. The molecule has 0 N–H and O–H groups in total. The topological polar surface area (TPSA) is 78.9 Å². The highest BCUT2D eigenvalue weighted by Crippen LogP contribution is 2.16. The van der Waals surface area contributed by atoms with Gasteiger partial charge in [0.05, 0.1) is 0 Å². The van der Waals surface area contributed by atoms with E-state index in [1.165, 1.54) is 173 Å². The zero-order chi connectivity index (χ0) is 49.3. The number of rotatable bonds is 53. The fourth-order valence-corrected chi connectivity index (χ4v) is 8.37. The molecule has 1 unspecified atom stereocenters. The van der Waals surface area contributed by atoms with E-state index in [1.54, 1.807) is 0 Å². The van der Waals surface area contributed by atoms with Crippen LogP contribution in [0.3, 0.4) is 0 Å². The lowest BCUT2D eigenvalue weighted by atomic mass is 10.0. The minimum absolute atomic E-state index is 0.0863. The van der Waals surface area contributed by atoms with E-state index in [-0.39, 0.29) is 31.1 Å². The molecule has 0 saturated carbocycles. The van der Waals surface area contributed by atoms with Crippen LogP contribution in [-0.4, -0.2) is 37.2 Å². The van der Waals surface area contributed by atoms with E-state index in [1.807, 2.05) is 0 Å². The Balaban J connectivity index is 4.40. The smallest absolute Gasteiger partial charge is 0.306 e. The van der Waals surface area contributed by atoms with Crippen LogP contribution >= 0.6 is 0 Å². The summed E-state index contributed by atoms with van der Waals surface area (Å²) in [6.07, 6.45) is 70.7. The molecular formula is C62H110O6. The van der Waals surface area contributed by atoms with E-state index in [9.17, 15) is 14.4 Å². The normalized spacial score (nSPS) is 12.5. The second-order valence-electron chi connectivity index (χ2n) is 19.5. The molecule has 6 heteroatoms. The first-order valence-electron chi connectivity index (χ1n) is 29.3. The summed E-state index contributed by atoms with van der Waals surface area (Å²) < 4.78 is 16.8. The number of carbonyl (C=O) groups is 3. The van der Waals surface area contributed by atoms with Gasteiger partial charge in [-0.2, -0.15) is 0 Å². The van der Waals surface area contributed by atoms with Gasteiger partial charge < -0.3 is 14.2 Å². The molecule has 6 nitrogen and oxygen atoms in total. The molecule has 0 aromatic rings. The number of esters is 3. The summed E-state index contributed by atoms with van der Waals surface area (Å²) in [4.78, 5) is 38.2. The maximum atomic E-state index is 12.9. The first kappa shape index (κ1) is 65.1. The second kappa shape index (κ2) is 56.7. The lowest BCUT2D eigenvalue weighted by molar-refractivity contribution is -0.167. The van der Waals surface area contributed by atoms with E-state index in [0.717, 1.165) is 83.5 Å². The quantitative estimate of drug-likeness (QED) is 0.0262. The van der Waals surface area contributed by atoms with Gasteiger partial charge in [-0.1, -0.05) is 255 Å². The zero-order valence-corrected chi connectivity index (χ0v) is 45.1. The summed E-state index contributed by atoms with van der Waals surface area (Å²) in [5, 5.41) is 0. The van der Waals surface area contributed by atoms with Gasteiger partial charge in [-0.15, -0.1) is 0 Å². The van der Waals surface area contributed by atoms with Gasteiger partial charge in [0.15, 0.2) is 6.10 Å². The van der Waals surface area contributed by atoms with Crippen LogP contribution in [0.25, 0.3) is 0 Å². The number of unbranched alkanes of at least 4 members (excludes halogenated alkanes) is 32. The summed E-state index contributed by atoms with van der Waals surface area (Å²) in [6.45, 7) is 6.52. The molecule has 0 spiro atoms. The van der Waals surface area contributed by atoms with Crippen molar-refractivity contribution in [2.75, 3.05) is 13.2 Å². The van der Waals surface area contributed by atoms with E-state index >= 15 is 0 Å². The van der Waals surface area contributed by atoms with Crippen molar-refractivity contribution in [3.8, 4) is 0 Å². The standard InChI is InChI=1S/C62H110O6/c1-4-7-10-13-16-19-22-25-28-30-32-34-37-40-43-46-49-52-55-61(64)67-58-59(57-66-60(63)54-51-48-45-42-39-36-33-27-24-21-18-15-12-9-6-3)68-62(65)56-53-50-47-44-41-38-35-31-29-26-23-20-17-14-11-8-5-2/h9,12,18,21,26-27,29,33,39,42,59H,4-8,10-11,13-17,19-20,22-25,28,30-32,34-38,40-41,43-58H2,1-3H3/b12-9-,21-18-,29-26-,33-27-,42-39-. The molecule has 0 aliphatic carbocycles. The molecule has 0 heterocycles. The van der Waals surface area contributed by atoms with Crippen LogP contribution in [0, 0.1) is 0 Å². The molecule has 0 aromatic heterocycles. The first-order chi connectivity index (χ1) is 33.5. The highest BCUT2D eigenvalue weighted by molar-refractivity contribution is 5.71. The molecule has 1 atom stereocenters. The Hall–Kier alpha value is -2.89. The summed E-state index contributed by atoms with van der Waals surface area (Å²) in [5.41, 5.74) is 0. The number of allylic oxidation sites excluding steroid dienone is 10. The molecule has 0 fully saturated rings. The third-order valence-corrected chi connectivity index (χ3v) is 12.8. The van der Waals surface area contributed by atoms with Gasteiger partial charge in [-0.3, -0.25) is 14.4 Å². The number of hydrogen-bond donors (Lipinski definition) is 0. The van der Waals surface area contributed by atoms with Gasteiger partial charge >= 0.3 is 17.9 Å².